The third kappa shape index (κ3) is 4.54. The quantitative estimate of drug-likeness (QED) is 0.625. The van der Waals surface area contributed by atoms with Gasteiger partial charge in [0.25, 0.3) is 0 Å². The van der Waals surface area contributed by atoms with Gasteiger partial charge in [-0.15, -0.1) is 11.8 Å². The van der Waals surface area contributed by atoms with E-state index in [-0.39, 0.29) is 13.2 Å². The second-order valence-corrected chi connectivity index (χ2v) is 7.12. The van der Waals surface area contributed by atoms with Crippen LogP contribution < -0.4 is 0 Å². The zero-order chi connectivity index (χ0) is 14.5. The minimum absolute atomic E-state index is 0.0924. The molecule has 0 aliphatic carbocycles. The Hall–Kier alpha value is -0.460. The normalized spacial score (nSPS) is 15.0. The molecule has 5 heteroatoms. The molecule has 0 aliphatic heterocycles. The lowest BCUT2D eigenvalue weighted by Gasteiger charge is -2.39. The Morgan fingerprint density at radius 2 is 1.84 bits per heavy atom. The van der Waals surface area contributed by atoms with Gasteiger partial charge in [-0.1, -0.05) is 42.5 Å². The summed E-state index contributed by atoms with van der Waals surface area (Å²) >= 11 is 6.78. The molecule has 1 atom stereocenters. The number of hydrogen-bond acceptors (Lipinski definition) is 5. The van der Waals surface area contributed by atoms with Gasteiger partial charge in [0.15, 0.2) is 5.79 Å². The highest BCUT2D eigenvalue weighted by molar-refractivity contribution is 8.24. The summed E-state index contributed by atoms with van der Waals surface area (Å²) in [5.74, 6) is -1.38. The molecular formula is C14H20O3S2. The fourth-order valence-corrected chi connectivity index (χ4v) is 3.10. The van der Waals surface area contributed by atoms with Crippen LogP contribution in [0.1, 0.15) is 26.3 Å². The molecule has 3 nitrogen and oxygen atoms in total. The molecule has 0 bridgehead atoms. The number of aliphatic hydroxyl groups is 2. The van der Waals surface area contributed by atoms with Crippen LogP contribution in [0.25, 0.3) is 0 Å². The lowest BCUT2D eigenvalue weighted by molar-refractivity contribution is -0.209. The molecule has 0 saturated carbocycles. The third-order valence-electron chi connectivity index (χ3n) is 2.95. The first-order valence-corrected chi connectivity index (χ1v) is 7.28. The van der Waals surface area contributed by atoms with Crippen LogP contribution in [0.15, 0.2) is 30.3 Å². The summed E-state index contributed by atoms with van der Waals surface area (Å²) < 4.78 is 5.38. The van der Waals surface area contributed by atoms with Crippen molar-refractivity contribution in [2.45, 2.75) is 31.3 Å². The van der Waals surface area contributed by atoms with Crippen LogP contribution in [0.4, 0.5) is 0 Å². The van der Waals surface area contributed by atoms with Crippen molar-refractivity contribution in [1.82, 2.24) is 0 Å². The van der Waals surface area contributed by atoms with Crippen molar-refractivity contribution in [3.8, 4) is 0 Å². The van der Waals surface area contributed by atoms with Crippen LogP contribution in [0, 0.1) is 0 Å². The van der Waals surface area contributed by atoms with E-state index in [1.807, 2.05) is 44.2 Å². The molecule has 1 aromatic rings. The first-order chi connectivity index (χ1) is 8.80. The maximum atomic E-state index is 10.4. The Labute approximate surface area is 124 Å². The standard InChI is InChI=1S/C14H20O3S2/c1-13(2,14(3,16)17-10-9-15)19-12(18)11-7-5-4-6-8-11/h4-8,15-16H,9-10H2,1-3H3. The average molecular weight is 300 g/mol. The Morgan fingerprint density at radius 1 is 1.26 bits per heavy atom. The highest BCUT2D eigenvalue weighted by Crippen LogP contribution is 2.38. The molecule has 106 valence electrons. The lowest BCUT2D eigenvalue weighted by Crippen LogP contribution is -2.48. The van der Waals surface area contributed by atoms with E-state index >= 15 is 0 Å². The minimum atomic E-state index is -1.38. The van der Waals surface area contributed by atoms with E-state index in [9.17, 15) is 5.11 Å². The van der Waals surface area contributed by atoms with E-state index in [4.69, 9.17) is 22.1 Å². The summed E-state index contributed by atoms with van der Waals surface area (Å²) in [6, 6.07) is 9.66. The molecule has 1 rings (SSSR count). The molecule has 1 aromatic carbocycles. The van der Waals surface area contributed by atoms with Crippen LogP contribution in [0.2, 0.25) is 0 Å². The van der Waals surface area contributed by atoms with Gasteiger partial charge in [-0.25, -0.2) is 0 Å². The van der Waals surface area contributed by atoms with E-state index in [2.05, 4.69) is 0 Å². The maximum Gasteiger partial charge on any atom is 0.177 e. The van der Waals surface area contributed by atoms with Gasteiger partial charge in [0.05, 0.1) is 22.2 Å². The first kappa shape index (κ1) is 16.6. The van der Waals surface area contributed by atoms with Gasteiger partial charge in [-0.05, 0) is 26.3 Å². The number of hydrogen-bond donors (Lipinski definition) is 2. The van der Waals surface area contributed by atoms with Crippen molar-refractivity contribution in [3.63, 3.8) is 0 Å². The Bertz CT molecular complexity index is 416. The van der Waals surface area contributed by atoms with Gasteiger partial charge in [-0.3, -0.25) is 0 Å². The predicted molar refractivity (Wildman–Crippen MR) is 83.5 cm³/mol. The molecule has 1 unspecified atom stereocenters. The van der Waals surface area contributed by atoms with Crippen LogP contribution in [0.3, 0.4) is 0 Å². The fourth-order valence-electron chi connectivity index (χ4n) is 1.38. The maximum absolute atomic E-state index is 10.4. The Morgan fingerprint density at radius 3 is 2.37 bits per heavy atom. The number of thioether (sulfide) groups is 1. The number of rotatable bonds is 6. The van der Waals surface area contributed by atoms with Gasteiger partial charge < -0.3 is 14.9 Å². The average Bonchev–Trinajstić information content (AvgIpc) is 2.36. The van der Waals surface area contributed by atoms with E-state index in [1.165, 1.54) is 11.8 Å². The van der Waals surface area contributed by atoms with Gasteiger partial charge in [0, 0.05) is 0 Å². The third-order valence-corrected chi connectivity index (χ3v) is 4.74. The minimum Gasteiger partial charge on any atom is -0.394 e. The van der Waals surface area contributed by atoms with Gasteiger partial charge >= 0.3 is 0 Å². The van der Waals surface area contributed by atoms with Gasteiger partial charge in [0.1, 0.15) is 0 Å². The van der Waals surface area contributed by atoms with Crippen LogP contribution in [-0.4, -0.2) is 38.2 Å². The van der Waals surface area contributed by atoms with Gasteiger partial charge in [-0.2, -0.15) is 0 Å². The summed E-state index contributed by atoms with van der Waals surface area (Å²) in [5.41, 5.74) is 0.952. The summed E-state index contributed by atoms with van der Waals surface area (Å²) in [4.78, 5) is 0. The highest BCUT2D eigenvalue weighted by atomic mass is 32.2. The first-order valence-electron chi connectivity index (χ1n) is 6.06. The molecule has 0 radical (unpaired) electrons. The Kier molecular flexibility index (Phi) is 5.95. The van der Waals surface area contributed by atoms with Crippen molar-refractivity contribution in [3.05, 3.63) is 35.9 Å². The number of benzene rings is 1. The second kappa shape index (κ2) is 6.81. The van der Waals surface area contributed by atoms with Crippen molar-refractivity contribution >= 4 is 28.2 Å². The molecule has 19 heavy (non-hydrogen) atoms. The molecule has 0 aromatic heterocycles. The van der Waals surface area contributed by atoms with E-state index in [0.717, 1.165) is 5.56 Å². The molecule has 0 saturated heterocycles. The summed E-state index contributed by atoms with van der Waals surface area (Å²) in [5, 5.41) is 19.1. The van der Waals surface area contributed by atoms with E-state index in [1.54, 1.807) is 6.92 Å². The van der Waals surface area contributed by atoms with Crippen molar-refractivity contribution < 1.29 is 14.9 Å². The molecular weight excluding hydrogens is 280 g/mol. The molecule has 0 spiro atoms. The van der Waals surface area contributed by atoms with Crippen LogP contribution in [-0.2, 0) is 4.74 Å². The summed E-state index contributed by atoms with van der Waals surface area (Å²) in [6.45, 7) is 5.28. The monoisotopic (exact) mass is 300 g/mol. The fraction of sp³-hybridized carbons (Fsp3) is 0.500. The van der Waals surface area contributed by atoms with Crippen LogP contribution in [0.5, 0.6) is 0 Å². The van der Waals surface area contributed by atoms with Gasteiger partial charge in [0.2, 0.25) is 0 Å². The van der Waals surface area contributed by atoms with Crippen molar-refractivity contribution in [1.29, 1.82) is 0 Å². The van der Waals surface area contributed by atoms with E-state index < -0.39 is 10.5 Å². The zero-order valence-corrected chi connectivity index (χ0v) is 13.1. The van der Waals surface area contributed by atoms with Crippen molar-refractivity contribution in [2.24, 2.45) is 0 Å². The number of aliphatic hydroxyl groups excluding tert-OH is 1. The topological polar surface area (TPSA) is 49.7 Å². The zero-order valence-electron chi connectivity index (χ0n) is 11.4. The largest absolute Gasteiger partial charge is 0.394 e. The molecule has 2 N–H and O–H groups in total. The summed E-state index contributed by atoms with van der Waals surface area (Å²) in [7, 11) is 0. The SMILES string of the molecule is CC(O)(OCCO)C(C)(C)SC(=S)c1ccccc1. The smallest absolute Gasteiger partial charge is 0.177 e. The molecule has 0 heterocycles. The second-order valence-electron chi connectivity index (χ2n) is 4.82. The molecule has 0 aliphatic rings. The van der Waals surface area contributed by atoms with Crippen molar-refractivity contribution in [2.75, 3.05) is 13.2 Å². The Balaban J connectivity index is 2.76. The highest BCUT2D eigenvalue weighted by Gasteiger charge is 2.42. The lowest BCUT2D eigenvalue weighted by atomic mass is 10.0. The summed E-state index contributed by atoms with van der Waals surface area (Å²) in [6.07, 6.45) is 0. The number of thiocarbonyl (C=S) groups is 1. The predicted octanol–water partition coefficient (Wildman–Crippen LogP) is 2.59. The molecule has 0 fully saturated rings. The number of ether oxygens (including phenoxy) is 1. The van der Waals surface area contributed by atoms with E-state index in [0.29, 0.717) is 4.20 Å². The molecule has 0 amide bonds. The van der Waals surface area contributed by atoms with Crippen LogP contribution >= 0.6 is 24.0 Å².